The van der Waals surface area contributed by atoms with E-state index in [1.54, 1.807) is 33.9 Å². The van der Waals surface area contributed by atoms with Gasteiger partial charge in [-0.1, -0.05) is 33.8 Å². The molecule has 1 aromatic carbocycles. The van der Waals surface area contributed by atoms with Gasteiger partial charge in [0.25, 0.3) is 16.1 Å². The van der Waals surface area contributed by atoms with E-state index in [4.69, 9.17) is 18.9 Å². The molecule has 0 spiro atoms. The van der Waals surface area contributed by atoms with Crippen LogP contribution < -0.4 is 24.2 Å². The van der Waals surface area contributed by atoms with Crippen molar-refractivity contribution in [2.24, 2.45) is 17.3 Å². The fourth-order valence-corrected chi connectivity index (χ4v) is 10.7. The van der Waals surface area contributed by atoms with Crippen molar-refractivity contribution in [3.8, 4) is 11.5 Å². The van der Waals surface area contributed by atoms with Crippen LogP contribution >= 0.6 is 11.8 Å². The van der Waals surface area contributed by atoms with E-state index in [1.807, 2.05) is 26.0 Å². The number of likely N-dealkylation sites (tertiary alicyclic amines) is 1. The van der Waals surface area contributed by atoms with Gasteiger partial charge in [0, 0.05) is 53.7 Å². The normalized spacial score (nSPS) is 25.1. The fraction of sp³-hybridized carbons (Fsp3) is 0.690. The van der Waals surface area contributed by atoms with Gasteiger partial charge in [0.05, 0.1) is 51.2 Å². The van der Waals surface area contributed by atoms with Crippen molar-refractivity contribution in [1.82, 2.24) is 24.6 Å². The van der Waals surface area contributed by atoms with Gasteiger partial charge in [0.15, 0.2) is 17.8 Å². The van der Waals surface area contributed by atoms with E-state index in [-0.39, 0.29) is 62.0 Å². The van der Waals surface area contributed by atoms with E-state index in [2.05, 4.69) is 14.8 Å². The number of methoxy groups -OCH3 is 2. The summed E-state index contributed by atoms with van der Waals surface area (Å²) in [5.74, 6) is -1.60. The van der Waals surface area contributed by atoms with Crippen LogP contribution in [0.2, 0.25) is 0 Å². The quantitative estimate of drug-likeness (QED) is 0.0407. The van der Waals surface area contributed by atoms with Crippen molar-refractivity contribution in [3.63, 3.8) is 0 Å². The highest BCUT2D eigenvalue weighted by Gasteiger charge is 2.58. The number of benzene rings is 1. The molecule has 5 rings (SSSR count). The third-order valence-corrected chi connectivity index (χ3v) is 15.0. The predicted octanol–water partition coefficient (Wildman–Crippen LogP) is 2.11. The zero-order valence-electron chi connectivity index (χ0n) is 36.3. The summed E-state index contributed by atoms with van der Waals surface area (Å²) in [6.07, 6.45) is 2.78. The van der Waals surface area contributed by atoms with Gasteiger partial charge in [0.2, 0.25) is 11.7 Å². The number of ketones is 1. The van der Waals surface area contributed by atoms with Crippen molar-refractivity contribution in [2.75, 3.05) is 53.6 Å². The predicted molar refractivity (Wildman–Crippen MR) is 228 cm³/mol. The molecule has 4 heterocycles. The van der Waals surface area contributed by atoms with Gasteiger partial charge in [-0.3, -0.25) is 19.2 Å². The first-order chi connectivity index (χ1) is 29.0. The number of carbonyl (C=O) groups excluding carboxylic acids is 5. The number of Topliss-reactive ketones (excluding diaryl/α,β-unsaturated/α-hetero) is 1. The number of aldehydes is 1. The van der Waals surface area contributed by atoms with Crippen LogP contribution in [0.15, 0.2) is 28.8 Å². The number of allylic oxidation sites excluding steroid dienone is 1. The van der Waals surface area contributed by atoms with Gasteiger partial charge in [-0.15, -0.1) is 11.8 Å². The number of esters is 1. The molecule has 17 nitrogen and oxygen atoms in total. The summed E-state index contributed by atoms with van der Waals surface area (Å²) in [5.41, 5.74) is 0.383. The Labute approximate surface area is 363 Å². The molecule has 4 aliphatic heterocycles. The molecule has 340 valence electrons. The maximum atomic E-state index is 13.7. The molecule has 19 heteroatoms. The van der Waals surface area contributed by atoms with E-state index in [1.165, 1.54) is 28.7 Å². The zero-order valence-corrected chi connectivity index (χ0v) is 37.9. The monoisotopic (exact) mass is 893 g/mol. The number of fused-ring (bicyclic) bond motifs is 1. The average Bonchev–Trinajstić information content (AvgIpc) is 3.79. The molecule has 0 bridgehead atoms. The second kappa shape index (κ2) is 21.2. The highest BCUT2D eigenvalue weighted by molar-refractivity contribution is 8.03. The molecular weight excluding hydrogens is 831 g/mol. The molecule has 2 amide bonds. The van der Waals surface area contributed by atoms with Crippen molar-refractivity contribution in [2.45, 2.75) is 115 Å². The number of aliphatic hydroxyl groups excluding tert-OH is 1. The topological polar surface area (TPSA) is 219 Å². The SMILES string of the molecule is CCC(C)(C)C(=O)C(=O)N1CCCC[C@H]1C(=O)O[C@H](CCc1ccc(OC)c(OC)c1)COCCNS(=O)(=O)NC[C@@H]1C[C@H](SC2=C(C=O)N3C(=O)[C@H]([C@@H](C)O)[C@H]3[C@H]2C)CN1. The molecule has 3 saturated heterocycles. The lowest BCUT2D eigenvalue weighted by molar-refractivity contribution is -0.166. The lowest BCUT2D eigenvalue weighted by atomic mass is 9.79. The van der Waals surface area contributed by atoms with Gasteiger partial charge in [0.1, 0.15) is 12.1 Å². The van der Waals surface area contributed by atoms with Gasteiger partial charge in [-0.25, -0.2) is 9.52 Å². The van der Waals surface area contributed by atoms with Crippen LogP contribution in [0.5, 0.6) is 11.5 Å². The molecular formula is C42H63N5O12S2. The minimum Gasteiger partial charge on any atom is -0.493 e. The number of amides is 2. The Morgan fingerprint density at radius 1 is 1.13 bits per heavy atom. The summed E-state index contributed by atoms with van der Waals surface area (Å²) in [7, 11) is -0.822. The maximum absolute atomic E-state index is 13.7. The van der Waals surface area contributed by atoms with Gasteiger partial charge < -0.3 is 39.2 Å². The summed E-state index contributed by atoms with van der Waals surface area (Å²) in [6.45, 7) is 9.67. The van der Waals surface area contributed by atoms with Gasteiger partial charge >= 0.3 is 5.97 Å². The molecule has 1 aromatic rings. The Kier molecular flexibility index (Phi) is 16.8. The Balaban J connectivity index is 1.11. The highest BCUT2D eigenvalue weighted by atomic mass is 32.2. The molecule has 61 heavy (non-hydrogen) atoms. The number of piperidine rings is 1. The number of rotatable bonds is 23. The van der Waals surface area contributed by atoms with Crippen LogP contribution in [0, 0.1) is 17.3 Å². The van der Waals surface area contributed by atoms with E-state index in [0.29, 0.717) is 75.0 Å². The van der Waals surface area contributed by atoms with Gasteiger partial charge in [-0.2, -0.15) is 13.1 Å². The van der Waals surface area contributed by atoms with Crippen LogP contribution in [0.1, 0.15) is 78.7 Å². The van der Waals surface area contributed by atoms with Crippen LogP contribution in [0.25, 0.3) is 0 Å². The number of nitrogens with one attached hydrogen (secondary N) is 3. The Hall–Kier alpha value is -3.59. The summed E-state index contributed by atoms with van der Waals surface area (Å²) in [4.78, 5) is 68.5. The first-order valence-electron chi connectivity index (χ1n) is 21.2. The standard InChI is InChI=1S/C42H63N5O12S2/c1-8-42(4,5)38(50)40(52)46-17-10-9-11-31(46)41(53)59-29(14-12-27-13-15-33(56-6)34(19-27)57-7)24-58-18-16-44-61(54,55)45-21-28-20-30(22-43-28)60-37-25(2)36-35(26(3)49)39(51)47(36)32(37)23-48/h13,15,19,23,25-26,28-31,35-36,43-45,49H,8-12,14,16-18,20-22,24H2,1-7H3/t25-,26-,28+,29-,30+,31+,35-,36-/m1/s1. The molecule has 3 fully saturated rings. The van der Waals surface area contributed by atoms with Gasteiger partial charge in [-0.05, 0) is 69.6 Å². The number of hydrogen-bond donors (Lipinski definition) is 4. The minimum absolute atomic E-state index is 0.0247. The molecule has 4 aliphatic rings. The molecule has 0 aromatic heterocycles. The molecule has 0 unspecified atom stereocenters. The molecule has 0 saturated carbocycles. The van der Waals surface area contributed by atoms with E-state index >= 15 is 0 Å². The first-order valence-corrected chi connectivity index (χ1v) is 23.5. The van der Waals surface area contributed by atoms with Crippen molar-refractivity contribution < 1.29 is 56.4 Å². The second-order valence-corrected chi connectivity index (χ2v) is 19.8. The Bertz CT molecular complexity index is 1910. The number of carbonyl (C=O) groups is 5. The van der Waals surface area contributed by atoms with E-state index in [9.17, 15) is 37.5 Å². The van der Waals surface area contributed by atoms with Crippen molar-refractivity contribution in [3.05, 3.63) is 34.4 Å². The van der Waals surface area contributed by atoms with Crippen LogP contribution in [0.4, 0.5) is 0 Å². The number of ether oxygens (including phenoxy) is 4. The minimum atomic E-state index is -3.91. The number of aryl methyl sites for hydroxylation is 1. The van der Waals surface area contributed by atoms with E-state index in [0.717, 1.165) is 10.5 Å². The summed E-state index contributed by atoms with van der Waals surface area (Å²) < 4.78 is 53.5. The smallest absolute Gasteiger partial charge is 0.329 e. The van der Waals surface area contributed by atoms with Crippen LogP contribution in [0.3, 0.4) is 0 Å². The first kappa shape index (κ1) is 48.4. The average molecular weight is 894 g/mol. The third kappa shape index (κ3) is 11.5. The lowest BCUT2D eigenvalue weighted by Crippen LogP contribution is -2.63. The summed E-state index contributed by atoms with van der Waals surface area (Å²) >= 11 is 1.53. The number of β-lactam (4-membered cyclic amide) rings is 1. The third-order valence-electron chi connectivity index (χ3n) is 12.3. The molecule has 4 N–H and O–H groups in total. The number of hydrogen-bond acceptors (Lipinski definition) is 14. The maximum Gasteiger partial charge on any atom is 0.329 e. The lowest BCUT2D eigenvalue weighted by Gasteiger charge is -2.46. The fourth-order valence-electron chi connectivity index (χ4n) is 8.34. The van der Waals surface area contributed by atoms with Crippen molar-refractivity contribution >= 4 is 51.8 Å². The molecule has 0 radical (unpaired) electrons. The number of nitrogens with zero attached hydrogens (tertiary/aromatic N) is 2. The largest absolute Gasteiger partial charge is 0.493 e. The summed E-state index contributed by atoms with van der Waals surface area (Å²) in [6, 6.07) is 4.17. The van der Waals surface area contributed by atoms with Crippen molar-refractivity contribution in [1.29, 1.82) is 0 Å². The number of aliphatic hydroxyl groups is 1. The van der Waals surface area contributed by atoms with Crippen LogP contribution in [-0.4, -0.2) is 142 Å². The zero-order chi connectivity index (χ0) is 44.6. The summed E-state index contributed by atoms with van der Waals surface area (Å²) in [5, 5.41) is 13.5. The second-order valence-electron chi connectivity index (χ2n) is 16.9. The molecule has 0 aliphatic carbocycles. The van der Waals surface area contributed by atoms with E-state index < -0.39 is 57.5 Å². The Morgan fingerprint density at radius 2 is 1.87 bits per heavy atom. The molecule has 8 atom stereocenters. The van der Waals surface area contributed by atoms with Crippen LogP contribution in [-0.2, 0) is 50.1 Å². The number of thioether (sulfide) groups is 1. The Morgan fingerprint density at radius 3 is 2.54 bits per heavy atom. The highest BCUT2D eigenvalue weighted by Crippen LogP contribution is 2.51.